The van der Waals surface area contributed by atoms with Gasteiger partial charge in [-0.25, -0.2) is 4.98 Å². The summed E-state index contributed by atoms with van der Waals surface area (Å²) in [7, 11) is 0. The summed E-state index contributed by atoms with van der Waals surface area (Å²) in [5, 5.41) is 7.52. The number of amides is 1. The number of rotatable bonds is 5. The van der Waals surface area contributed by atoms with Crippen LogP contribution in [0, 0.1) is 6.92 Å². The van der Waals surface area contributed by atoms with E-state index in [1.54, 1.807) is 6.20 Å². The van der Waals surface area contributed by atoms with Crippen molar-refractivity contribution in [1.29, 1.82) is 0 Å². The van der Waals surface area contributed by atoms with Crippen LogP contribution < -0.4 is 0 Å². The van der Waals surface area contributed by atoms with E-state index < -0.39 is 0 Å². The van der Waals surface area contributed by atoms with Crippen LogP contribution in [-0.2, 0) is 17.8 Å². The van der Waals surface area contributed by atoms with Gasteiger partial charge < -0.3 is 9.47 Å². The molecule has 1 saturated heterocycles. The minimum atomic E-state index is 0.161. The molecule has 2 aromatic heterocycles. The second-order valence-electron chi connectivity index (χ2n) is 7.57. The lowest BCUT2D eigenvalue weighted by atomic mass is 9.90. The molecule has 6 heteroatoms. The molecule has 1 aliphatic rings. The van der Waals surface area contributed by atoms with Crippen molar-refractivity contribution in [3.05, 3.63) is 59.9 Å². The summed E-state index contributed by atoms with van der Waals surface area (Å²) in [6.45, 7) is 6.07. The number of aromatic amines is 1. The van der Waals surface area contributed by atoms with Gasteiger partial charge in [0.25, 0.3) is 0 Å². The fourth-order valence-corrected chi connectivity index (χ4v) is 4.05. The third kappa shape index (κ3) is 3.72. The van der Waals surface area contributed by atoms with Gasteiger partial charge in [-0.15, -0.1) is 0 Å². The van der Waals surface area contributed by atoms with Crippen LogP contribution in [0.4, 0.5) is 0 Å². The number of nitrogens with one attached hydrogen (secondary N) is 1. The summed E-state index contributed by atoms with van der Waals surface area (Å²) in [5.41, 5.74) is 4.69. The molecule has 0 saturated carbocycles. The van der Waals surface area contributed by atoms with Gasteiger partial charge in [-0.05, 0) is 25.3 Å². The highest BCUT2D eigenvalue weighted by Crippen LogP contribution is 2.33. The molecule has 6 nitrogen and oxygen atoms in total. The summed E-state index contributed by atoms with van der Waals surface area (Å²) in [5.74, 6) is 1.40. The standard InChI is InChI=1S/C22H27N5O/c1-3-20-23-10-12-26(20)15-21(28)27-11-4-5-18(14-27)22-19(13-24-25-22)17-8-6-16(2)7-9-17/h6-10,12-13,18H,3-5,11,14-15H2,1-2H3,(H,24,25)/t18-/m1/s1. The van der Waals surface area contributed by atoms with Crippen molar-refractivity contribution < 1.29 is 4.79 Å². The second-order valence-corrected chi connectivity index (χ2v) is 7.57. The normalized spacial score (nSPS) is 17.1. The summed E-state index contributed by atoms with van der Waals surface area (Å²) >= 11 is 0. The molecule has 3 aromatic rings. The maximum absolute atomic E-state index is 12.9. The Labute approximate surface area is 165 Å². The van der Waals surface area contributed by atoms with E-state index >= 15 is 0 Å². The number of hydrogen-bond donors (Lipinski definition) is 1. The monoisotopic (exact) mass is 377 g/mol. The minimum Gasteiger partial charge on any atom is -0.340 e. The number of carbonyl (C=O) groups excluding carboxylic acids is 1. The lowest BCUT2D eigenvalue weighted by Gasteiger charge is -2.33. The third-order valence-corrected chi connectivity index (χ3v) is 5.64. The van der Waals surface area contributed by atoms with Gasteiger partial charge in [0.1, 0.15) is 12.4 Å². The van der Waals surface area contributed by atoms with Crippen LogP contribution in [0.25, 0.3) is 11.1 Å². The number of imidazole rings is 1. The van der Waals surface area contributed by atoms with E-state index in [2.05, 4.69) is 53.3 Å². The zero-order valence-electron chi connectivity index (χ0n) is 16.6. The first kappa shape index (κ1) is 18.5. The highest BCUT2D eigenvalue weighted by molar-refractivity contribution is 5.76. The first-order chi connectivity index (χ1) is 13.7. The Morgan fingerprint density at radius 3 is 2.89 bits per heavy atom. The molecular formula is C22H27N5O. The highest BCUT2D eigenvalue weighted by atomic mass is 16.2. The molecule has 1 amide bonds. The lowest BCUT2D eigenvalue weighted by Crippen LogP contribution is -2.41. The molecule has 0 radical (unpaired) electrons. The van der Waals surface area contributed by atoms with E-state index in [1.807, 2.05) is 21.9 Å². The van der Waals surface area contributed by atoms with E-state index in [0.29, 0.717) is 6.54 Å². The maximum atomic E-state index is 12.9. The molecule has 3 heterocycles. The first-order valence-electron chi connectivity index (χ1n) is 10.0. The molecular weight excluding hydrogens is 350 g/mol. The largest absolute Gasteiger partial charge is 0.340 e. The predicted octanol–water partition coefficient (Wildman–Crippen LogP) is 3.55. The molecule has 4 rings (SSSR count). The third-order valence-electron chi connectivity index (χ3n) is 5.64. The topological polar surface area (TPSA) is 66.8 Å². The van der Waals surface area contributed by atoms with Crippen molar-refractivity contribution in [1.82, 2.24) is 24.6 Å². The SMILES string of the molecule is CCc1nccn1CC(=O)N1CCC[C@@H](c2[nH]ncc2-c2ccc(C)cc2)C1. The number of hydrogen-bond acceptors (Lipinski definition) is 3. The fraction of sp³-hybridized carbons (Fsp3) is 0.409. The van der Waals surface area contributed by atoms with Crippen LogP contribution in [0.3, 0.4) is 0 Å². The predicted molar refractivity (Wildman–Crippen MR) is 109 cm³/mol. The lowest BCUT2D eigenvalue weighted by molar-refractivity contribution is -0.133. The van der Waals surface area contributed by atoms with Crippen LogP contribution in [0.2, 0.25) is 0 Å². The van der Waals surface area contributed by atoms with Gasteiger partial charge in [0.15, 0.2) is 0 Å². The molecule has 1 N–H and O–H groups in total. The zero-order valence-corrected chi connectivity index (χ0v) is 16.6. The Balaban J connectivity index is 1.49. The Bertz CT molecular complexity index is 940. The van der Waals surface area contributed by atoms with E-state index in [9.17, 15) is 4.79 Å². The van der Waals surface area contributed by atoms with Gasteiger partial charge >= 0.3 is 0 Å². The van der Waals surface area contributed by atoms with Crippen LogP contribution in [0.1, 0.15) is 42.8 Å². The second kappa shape index (κ2) is 8.00. The van der Waals surface area contributed by atoms with Gasteiger partial charge in [0.2, 0.25) is 5.91 Å². The van der Waals surface area contributed by atoms with Crippen LogP contribution in [0.15, 0.2) is 42.9 Å². The van der Waals surface area contributed by atoms with E-state index in [1.165, 1.54) is 11.1 Å². The van der Waals surface area contributed by atoms with Gasteiger partial charge in [-0.1, -0.05) is 36.8 Å². The number of likely N-dealkylation sites (tertiary alicyclic amines) is 1. The van der Waals surface area contributed by atoms with Crippen LogP contribution in [-0.4, -0.2) is 43.6 Å². The van der Waals surface area contributed by atoms with E-state index in [-0.39, 0.29) is 11.8 Å². The quantitative estimate of drug-likeness (QED) is 0.739. The van der Waals surface area contributed by atoms with Gasteiger partial charge in [0, 0.05) is 49.1 Å². The Hall–Kier alpha value is -2.89. The van der Waals surface area contributed by atoms with E-state index in [0.717, 1.165) is 49.4 Å². The summed E-state index contributed by atoms with van der Waals surface area (Å²) in [4.78, 5) is 19.2. The number of benzene rings is 1. The van der Waals surface area contributed by atoms with E-state index in [4.69, 9.17) is 0 Å². The van der Waals surface area contributed by atoms with Gasteiger partial charge in [-0.3, -0.25) is 9.89 Å². The van der Waals surface area contributed by atoms with Crippen molar-refractivity contribution in [2.24, 2.45) is 0 Å². The molecule has 0 spiro atoms. The van der Waals surface area contributed by atoms with Gasteiger partial charge in [-0.2, -0.15) is 5.10 Å². The number of aryl methyl sites for hydroxylation is 2. The molecule has 1 aliphatic heterocycles. The minimum absolute atomic E-state index is 0.161. The molecule has 1 fully saturated rings. The smallest absolute Gasteiger partial charge is 0.242 e. The van der Waals surface area contributed by atoms with Crippen molar-refractivity contribution in [3.8, 4) is 11.1 Å². The van der Waals surface area contributed by atoms with Crippen molar-refractivity contribution >= 4 is 5.91 Å². The molecule has 1 atom stereocenters. The first-order valence-corrected chi connectivity index (χ1v) is 10.0. The number of nitrogens with zero attached hydrogens (tertiary/aromatic N) is 4. The maximum Gasteiger partial charge on any atom is 0.242 e. The van der Waals surface area contributed by atoms with Crippen molar-refractivity contribution in [3.63, 3.8) is 0 Å². The zero-order chi connectivity index (χ0) is 19.5. The molecule has 0 bridgehead atoms. The Morgan fingerprint density at radius 2 is 2.11 bits per heavy atom. The van der Waals surface area contributed by atoms with Gasteiger partial charge in [0.05, 0.1) is 6.20 Å². The summed E-state index contributed by atoms with van der Waals surface area (Å²) < 4.78 is 1.96. The fourth-order valence-electron chi connectivity index (χ4n) is 4.05. The van der Waals surface area contributed by atoms with Crippen LogP contribution in [0.5, 0.6) is 0 Å². The molecule has 0 aliphatic carbocycles. The summed E-state index contributed by atoms with van der Waals surface area (Å²) in [6, 6.07) is 8.53. The van der Waals surface area contributed by atoms with Crippen LogP contribution >= 0.6 is 0 Å². The average Bonchev–Trinajstić information content (AvgIpc) is 3.38. The molecule has 1 aromatic carbocycles. The van der Waals surface area contributed by atoms with Crippen molar-refractivity contribution in [2.45, 2.75) is 45.6 Å². The van der Waals surface area contributed by atoms with Crippen molar-refractivity contribution in [2.75, 3.05) is 13.1 Å². The molecule has 0 unspecified atom stereocenters. The highest BCUT2D eigenvalue weighted by Gasteiger charge is 2.28. The molecule has 146 valence electrons. The number of H-pyrrole nitrogens is 1. The Kier molecular flexibility index (Phi) is 5.28. The molecule has 28 heavy (non-hydrogen) atoms. The number of aromatic nitrogens is 4. The average molecular weight is 377 g/mol. The number of carbonyl (C=O) groups is 1. The summed E-state index contributed by atoms with van der Waals surface area (Å²) in [6.07, 6.45) is 8.46. The Morgan fingerprint density at radius 1 is 1.29 bits per heavy atom. The number of piperidine rings is 1.